The molecule has 2 aromatic heterocycles. The summed E-state index contributed by atoms with van der Waals surface area (Å²) >= 11 is 0. The third-order valence-electron chi connectivity index (χ3n) is 3.81. The number of carbonyl (C=O) groups is 2. The number of rotatable bonds is 7. The Kier molecular flexibility index (Phi) is 6.46. The first kappa shape index (κ1) is 20.3. The van der Waals surface area contributed by atoms with E-state index in [1.165, 1.54) is 6.20 Å². The monoisotopic (exact) mass is 370 g/mol. The first-order chi connectivity index (χ1) is 12.7. The molecule has 2 rings (SSSR count). The quantitative estimate of drug-likeness (QED) is 0.590. The van der Waals surface area contributed by atoms with Crippen molar-refractivity contribution in [3.63, 3.8) is 0 Å². The average molecular weight is 370 g/mol. The minimum absolute atomic E-state index is 0.0560. The van der Waals surface area contributed by atoms with Gasteiger partial charge in [0.2, 0.25) is 5.91 Å². The van der Waals surface area contributed by atoms with Crippen molar-refractivity contribution < 1.29 is 9.59 Å². The number of hydrogen-bond acceptors (Lipinski definition) is 6. The Balaban J connectivity index is 2.28. The highest BCUT2D eigenvalue weighted by atomic mass is 16.2. The molecule has 2 aromatic rings. The zero-order valence-corrected chi connectivity index (χ0v) is 16.0. The maximum absolute atomic E-state index is 12.2. The van der Waals surface area contributed by atoms with Crippen LogP contribution >= 0.6 is 0 Å². The molecule has 8 heteroatoms. The summed E-state index contributed by atoms with van der Waals surface area (Å²) in [6, 6.07) is 4.73. The second-order valence-corrected chi connectivity index (χ2v) is 7.01. The normalized spacial score (nSPS) is 11.9. The van der Waals surface area contributed by atoms with Crippen LogP contribution in [-0.2, 0) is 4.79 Å². The SMILES string of the molecule is Cc1cc(C)nc(Nc2cc(NC(=O)[C@@H](N)CC(C)C)cnc2C(N)=O)c1. The number of pyridine rings is 2. The Labute approximate surface area is 158 Å². The van der Waals surface area contributed by atoms with E-state index in [0.717, 1.165) is 11.3 Å². The lowest BCUT2D eigenvalue weighted by molar-refractivity contribution is -0.117. The number of nitrogens with one attached hydrogen (secondary N) is 2. The maximum Gasteiger partial charge on any atom is 0.269 e. The fourth-order valence-corrected chi connectivity index (χ4v) is 2.72. The van der Waals surface area contributed by atoms with Gasteiger partial charge < -0.3 is 22.1 Å². The summed E-state index contributed by atoms with van der Waals surface area (Å²) in [5.41, 5.74) is 14.0. The minimum atomic E-state index is -0.684. The molecule has 8 nitrogen and oxygen atoms in total. The highest BCUT2D eigenvalue weighted by molar-refractivity contribution is 5.99. The van der Waals surface area contributed by atoms with Crippen molar-refractivity contribution in [1.29, 1.82) is 0 Å². The molecule has 0 unspecified atom stereocenters. The molecule has 0 aliphatic heterocycles. The van der Waals surface area contributed by atoms with E-state index in [9.17, 15) is 9.59 Å². The Morgan fingerprint density at radius 2 is 1.89 bits per heavy atom. The number of carbonyl (C=O) groups excluding carboxylic acids is 2. The summed E-state index contributed by atoms with van der Waals surface area (Å²) in [6.07, 6.45) is 1.94. The van der Waals surface area contributed by atoms with Crippen LogP contribution < -0.4 is 22.1 Å². The van der Waals surface area contributed by atoms with Crippen molar-refractivity contribution in [2.24, 2.45) is 17.4 Å². The van der Waals surface area contributed by atoms with E-state index in [-0.39, 0.29) is 11.6 Å². The summed E-state index contributed by atoms with van der Waals surface area (Å²) in [5, 5.41) is 5.78. The van der Waals surface area contributed by atoms with Crippen LogP contribution in [0.2, 0.25) is 0 Å². The highest BCUT2D eigenvalue weighted by Gasteiger charge is 2.17. The van der Waals surface area contributed by atoms with E-state index >= 15 is 0 Å². The van der Waals surface area contributed by atoms with E-state index in [1.807, 2.05) is 39.8 Å². The lowest BCUT2D eigenvalue weighted by Crippen LogP contribution is -2.36. The van der Waals surface area contributed by atoms with Gasteiger partial charge in [-0.2, -0.15) is 0 Å². The lowest BCUT2D eigenvalue weighted by atomic mass is 10.0. The van der Waals surface area contributed by atoms with E-state index in [4.69, 9.17) is 11.5 Å². The van der Waals surface area contributed by atoms with Gasteiger partial charge in [0, 0.05) is 5.69 Å². The van der Waals surface area contributed by atoms with Gasteiger partial charge >= 0.3 is 0 Å². The molecule has 0 spiro atoms. The molecule has 6 N–H and O–H groups in total. The van der Waals surface area contributed by atoms with Crippen LogP contribution in [0.1, 0.15) is 42.0 Å². The van der Waals surface area contributed by atoms with Crippen LogP contribution in [-0.4, -0.2) is 27.8 Å². The molecule has 0 aliphatic carbocycles. The largest absolute Gasteiger partial charge is 0.364 e. The number of nitrogens with zero attached hydrogens (tertiary/aromatic N) is 2. The molecule has 0 fully saturated rings. The van der Waals surface area contributed by atoms with Crippen LogP contribution in [0.15, 0.2) is 24.4 Å². The third kappa shape index (κ3) is 5.75. The van der Waals surface area contributed by atoms with Gasteiger partial charge in [-0.25, -0.2) is 9.97 Å². The van der Waals surface area contributed by atoms with Gasteiger partial charge in [0.1, 0.15) is 5.82 Å². The van der Waals surface area contributed by atoms with Crippen molar-refractivity contribution in [2.45, 2.75) is 40.2 Å². The molecular formula is C19H26N6O2. The van der Waals surface area contributed by atoms with Crippen molar-refractivity contribution in [2.75, 3.05) is 10.6 Å². The fourth-order valence-electron chi connectivity index (χ4n) is 2.72. The summed E-state index contributed by atoms with van der Waals surface area (Å²) in [5.74, 6) is -0.144. The summed E-state index contributed by atoms with van der Waals surface area (Å²) in [7, 11) is 0. The number of anilines is 3. The van der Waals surface area contributed by atoms with Gasteiger partial charge in [0.15, 0.2) is 5.69 Å². The standard InChI is InChI=1S/C19H26N6O2/c1-10(2)5-14(20)19(27)24-13-8-15(17(18(21)26)22-9-13)25-16-7-11(3)6-12(4)23-16/h6-10,14H,5,20H2,1-4H3,(H2,21,26)(H,23,25)(H,24,27)/t14-/m0/s1. The zero-order valence-electron chi connectivity index (χ0n) is 16.0. The molecular weight excluding hydrogens is 344 g/mol. The zero-order chi connectivity index (χ0) is 20.1. The van der Waals surface area contributed by atoms with Crippen LogP contribution in [0.5, 0.6) is 0 Å². The van der Waals surface area contributed by atoms with Gasteiger partial charge in [-0.1, -0.05) is 13.8 Å². The topological polar surface area (TPSA) is 136 Å². The Hall–Kier alpha value is -3.00. The van der Waals surface area contributed by atoms with Gasteiger partial charge in [0.05, 0.1) is 23.6 Å². The van der Waals surface area contributed by atoms with E-state index in [1.54, 1.807) is 6.07 Å². The summed E-state index contributed by atoms with van der Waals surface area (Å²) in [4.78, 5) is 32.4. The molecule has 1 atom stereocenters. The second-order valence-electron chi connectivity index (χ2n) is 7.01. The average Bonchev–Trinajstić information content (AvgIpc) is 2.53. The van der Waals surface area contributed by atoms with Crippen molar-refractivity contribution in [1.82, 2.24) is 9.97 Å². The van der Waals surface area contributed by atoms with Gasteiger partial charge in [-0.3, -0.25) is 9.59 Å². The summed E-state index contributed by atoms with van der Waals surface area (Å²) < 4.78 is 0. The summed E-state index contributed by atoms with van der Waals surface area (Å²) in [6.45, 7) is 7.81. The van der Waals surface area contributed by atoms with Crippen molar-refractivity contribution in [3.05, 3.63) is 41.3 Å². The molecule has 0 saturated heterocycles. The molecule has 2 amide bonds. The van der Waals surface area contributed by atoms with Crippen molar-refractivity contribution >= 4 is 29.0 Å². The predicted molar refractivity (Wildman–Crippen MR) is 106 cm³/mol. The lowest BCUT2D eigenvalue weighted by Gasteiger charge is -2.16. The van der Waals surface area contributed by atoms with Crippen LogP contribution in [0.3, 0.4) is 0 Å². The van der Waals surface area contributed by atoms with Gasteiger partial charge in [-0.05, 0) is 49.9 Å². The first-order valence-corrected chi connectivity index (χ1v) is 8.74. The third-order valence-corrected chi connectivity index (χ3v) is 3.81. The second kappa shape index (κ2) is 8.59. The van der Waals surface area contributed by atoms with Crippen LogP contribution in [0, 0.1) is 19.8 Å². The van der Waals surface area contributed by atoms with Gasteiger partial charge in [0.25, 0.3) is 5.91 Å². The molecule has 27 heavy (non-hydrogen) atoms. The van der Waals surface area contributed by atoms with Crippen LogP contribution in [0.25, 0.3) is 0 Å². The molecule has 144 valence electrons. The number of aryl methyl sites for hydroxylation is 2. The molecule has 0 bridgehead atoms. The minimum Gasteiger partial charge on any atom is -0.364 e. The Morgan fingerprint density at radius 3 is 2.48 bits per heavy atom. The number of primary amides is 1. The Morgan fingerprint density at radius 1 is 1.19 bits per heavy atom. The van der Waals surface area contributed by atoms with E-state index < -0.39 is 11.9 Å². The predicted octanol–water partition coefficient (Wildman–Crippen LogP) is 2.25. The number of hydrogen-bond donors (Lipinski definition) is 4. The number of aromatic nitrogens is 2. The van der Waals surface area contributed by atoms with Crippen LogP contribution in [0.4, 0.5) is 17.2 Å². The molecule has 0 aliphatic rings. The maximum atomic E-state index is 12.2. The first-order valence-electron chi connectivity index (χ1n) is 8.74. The van der Waals surface area contributed by atoms with E-state index in [2.05, 4.69) is 20.6 Å². The highest BCUT2D eigenvalue weighted by Crippen LogP contribution is 2.23. The number of nitrogens with two attached hydrogens (primary N) is 2. The fraction of sp³-hybridized carbons (Fsp3) is 0.368. The van der Waals surface area contributed by atoms with Crippen molar-refractivity contribution in [3.8, 4) is 0 Å². The smallest absolute Gasteiger partial charge is 0.269 e. The molecule has 0 saturated carbocycles. The van der Waals surface area contributed by atoms with Gasteiger partial charge in [-0.15, -0.1) is 0 Å². The Bertz CT molecular complexity index is 830. The number of amides is 2. The molecule has 0 aromatic carbocycles. The van der Waals surface area contributed by atoms with E-state index in [0.29, 0.717) is 29.5 Å². The molecule has 2 heterocycles. The molecule has 0 radical (unpaired) electrons.